The van der Waals surface area contributed by atoms with Crippen molar-refractivity contribution in [1.82, 2.24) is 16.0 Å². The van der Waals surface area contributed by atoms with Crippen LogP contribution in [0.1, 0.15) is 309 Å². The van der Waals surface area contributed by atoms with E-state index in [4.69, 9.17) is 0 Å². The van der Waals surface area contributed by atoms with E-state index in [9.17, 15) is 14.4 Å². The maximum Gasteiger partial charge on any atom is 0.220 e. The zero-order chi connectivity index (χ0) is 47.7. The van der Waals surface area contributed by atoms with Crippen molar-refractivity contribution >= 4 is 17.7 Å². The Morgan fingerprint density at radius 1 is 0.242 bits per heavy atom. The minimum atomic E-state index is 0.100. The lowest BCUT2D eigenvalue weighted by molar-refractivity contribution is -0.123. The molecule has 0 atom stereocenters. The number of hydrogen-bond donors (Lipinski definition) is 3. The van der Waals surface area contributed by atoms with Gasteiger partial charge in [0.15, 0.2) is 0 Å². The van der Waals surface area contributed by atoms with Gasteiger partial charge in [-0.15, -0.1) is 0 Å². The highest BCUT2D eigenvalue weighted by atomic mass is 16.2. The van der Waals surface area contributed by atoms with E-state index in [1.807, 2.05) is 0 Å². The molecule has 386 valence electrons. The van der Waals surface area contributed by atoms with Crippen LogP contribution in [-0.2, 0) is 14.4 Å². The van der Waals surface area contributed by atoms with Gasteiger partial charge >= 0.3 is 0 Å². The van der Waals surface area contributed by atoms with Crippen LogP contribution in [0.15, 0.2) is 36.5 Å². The van der Waals surface area contributed by atoms with Gasteiger partial charge in [0.1, 0.15) is 0 Å². The van der Waals surface area contributed by atoms with Crippen LogP contribution in [0.4, 0.5) is 0 Å². The predicted molar refractivity (Wildman–Crippen MR) is 290 cm³/mol. The van der Waals surface area contributed by atoms with Crippen molar-refractivity contribution in [2.45, 2.75) is 309 Å². The van der Waals surface area contributed by atoms with E-state index in [0.717, 1.165) is 51.5 Å². The summed E-state index contributed by atoms with van der Waals surface area (Å²) in [4.78, 5) is 36.5. The Morgan fingerprint density at radius 3 is 0.697 bits per heavy atom. The standard InChI is InChI=1S/C60H113N3O3/c1-3-5-7-9-11-13-15-17-19-20-21-22-25-29-32-36-40-44-48-52-58(64)61-55-51-47-43-39-35-31-27-23-26-30-34-38-42-46-50-54-60(66)63-57-56-62-59(65)53-49-45-41-37-33-28-24-18-16-14-12-10-8-6-4-2/h17-19,23-24,26H,3-16,20-22,25,27-57H2,1-2H3,(H,61,64)(H,62,65)(H,63,66). The monoisotopic (exact) mass is 924 g/mol. The maximum absolute atomic E-state index is 12.2. The van der Waals surface area contributed by atoms with Crippen LogP contribution in [-0.4, -0.2) is 37.4 Å². The second-order valence-electron chi connectivity index (χ2n) is 19.8. The van der Waals surface area contributed by atoms with Crippen LogP contribution in [0.2, 0.25) is 0 Å². The van der Waals surface area contributed by atoms with Crippen LogP contribution in [0.3, 0.4) is 0 Å². The molecule has 0 heterocycles. The molecule has 0 aromatic rings. The van der Waals surface area contributed by atoms with Gasteiger partial charge in [-0.3, -0.25) is 14.4 Å². The number of unbranched alkanes of at least 4 members (excludes halogenated alkanes) is 37. The second kappa shape index (κ2) is 57.0. The number of allylic oxidation sites excluding steroid dienone is 6. The smallest absolute Gasteiger partial charge is 0.220 e. The minimum absolute atomic E-state index is 0.100. The lowest BCUT2D eigenvalue weighted by atomic mass is 10.1. The largest absolute Gasteiger partial charge is 0.356 e. The Hall–Kier alpha value is -2.37. The first-order valence-electron chi connectivity index (χ1n) is 29.3. The molecular formula is C60H113N3O3. The van der Waals surface area contributed by atoms with Crippen molar-refractivity contribution in [2.75, 3.05) is 19.6 Å². The third-order valence-electron chi connectivity index (χ3n) is 13.2. The Labute approximate surface area is 411 Å². The summed E-state index contributed by atoms with van der Waals surface area (Å²) in [6, 6.07) is 0. The van der Waals surface area contributed by atoms with Crippen molar-refractivity contribution in [3.8, 4) is 0 Å². The Bertz CT molecular complexity index is 1100. The third-order valence-corrected chi connectivity index (χ3v) is 13.2. The first-order chi connectivity index (χ1) is 32.6. The van der Waals surface area contributed by atoms with Gasteiger partial charge in [0.05, 0.1) is 0 Å². The summed E-state index contributed by atoms with van der Waals surface area (Å²) in [6.45, 7) is 6.43. The minimum Gasteiger partial charge on any atom is -0.356 e. The average Bonchev–Trinajstić information content (AvgIpc) is 3.32. The number of nitrogens with one attached hydrogen (secondary N) is 3. The Morgan fingerprint density at radius 2 is 0.439 bits per heavy atom. The van der Waals surface area contributed by atoms with E-state index >= 15 is 0 Å². The molecule has 3 amide bonds. The molecule has 0 unspecified atom stereocenters. The molecule has 0 saturated heterocycles. The Balaban J connectivity index is 3.33. The van der Waals surface area contributed by atoms with Crippen molar-refractivity contribution in [1.29, 1.82) is 0 Å². The van der Waals surface area contributed by atoms with E-state index in [-0.39, 0.29) is 17.7 Å². The second-order valence-corrected chi connectivity index (χ2v) is 19.8. The zero-order valence-corrected chi connectivity index (χ0v) is 44.3. The van der Waals surface area contributed by atoms with Gasteiger partial charge in [0.2, 0.25) is 17.7 Å². The van der Waals surface area contributed by atoms with E-state index in [1.165, 1.54) is 231 Å². The summed E-state index contributed by atoms with van der Waals surface area (Å²) in [5.74, 6) is 0.451. The van der Waals surface area contributed by atoms with Gasteiger partial charge < -0.3 is 16.0 Å². The molecule has 3 N–H and O–H groups in total. The van der Waals surface area contributed by atoms with E-state index in [2.05, 4.69) is 66.3 Å². The molecule has 0 aromatic heterocycles. The van der Waals surface area contributed by atoms with Gasteiger partial charge in [0, 0.05) is 38.9 Å². The lowest BCUT2D eigenvalue weighted by Crippen LogP contribution is -2.34. The van der Waals surface area contributed by atoms with Crippen molar-refractivity contribution in [2.24, 2.45) is 0 Å². The fourth-order valence-corrected chi connectivity index (χ4v) is 8.72. The molecule has 0 aliphatic carbocycles. The zero-order valence-electron chi connectivity index (χ0n) is 44.3. The summed E-state index contributed by atoms with van der Waals surface area (Å²) >= 11 is 0. The highest BCUT2D eigenvalue weighted by molar-refractivity contribution is 5.77. The molecule has 0 rings (SSSR count). The van der Waals surface area contributed by atoms with Gasteiger partial charge in [-0.25, -0.2) is 0 Å². The lowest BCUT2D eigenvalue weighted by Gasteiger charge is -2.07. The van der Waals surface area contributed by atoms with Gasteiger partial charge in [-0.1, -0.05) is 224 Å². The van der Waals surface area contributed by atoms with E-state index in [0.29, 0.717) is 32.4 Å². The van der Waals surface area contributed by atoms with Gasteiger partial charge in [-0.2, -0.15) is 0 Å². The predicted octanol–water partition coefficient (Wildman–Crippen LogP) is 18.0. The van der Waals surface area contributed by atoms with Crippen molar-refractivity contribution in [3.05, 3.63) is 36.5 Å². The summed E-state index contributed by atoms with van der Waals surface area (Å²) < 4.78 is 0. The van der Waals surface area contributed by atoms with Crippen LogP contribution >= 0.6 is 0 Å². The molecule has 0 radical (unpaired) electrons. The third kappa shape index (κ3) is 56.0. The van der Waals surface area contributed by atoms with E-state index < -0.39 is 0 Å². The summed E-state index contributed by atoms with van der Waals surface area (Å²) in [7, 11) is 0. The maximum atomic E-state index is 12.2. The highest BCUT2D eigenvalue weighted by Crippen LogP contribution is 2.14. The first-order valence-corrected chi connectivity index (χ1v) is 29.3. The number of rotatable bonds is 54. The Kier molecular flexibility index (Phi) is 54.9. The molecule has 0 bridgehead atoms. The number of carbonyl (C=O) groups is 3. The normalized spacial score (nSPS) is 11.7. The summed E-state index contributed by atoms with van der Waals surface area (Å²) in [6.07, 6.45) is 70.6. The average molecular weight is 925 g/mol. The molecule has 6 nitrogen and oxygen atoms in total. The van der Waals surface area contributed by atoms with Crippen LogP contribution in [0, 0.1) is 0 Å². The fourth-order valence-electron chi connectivity index (χ4n) is 8.72. The molecule has 6 heteroatoms. The topological polar surface area (TPSA) is 87.3 Å². The first kappa shape index (κ1) is 63.6. The number of carbonyl (C=O) groups excluding carboxylic acids is 3. The van der Waals surface area contributed by atoms with Crippen molar-refractivity contribution < 1.29 is 14.4 Å². The van der Waals surface area contributed by atoms with Gasteiger partial charge in [-0.05, 0) is 103 Å². The number of amides is 3. The molecule has 0 aromatic carbocycles. The molecule has 66 heavy (non-hydrogen) atoms. The quantitative estimate of drug-likeness (QED) is 0.0419. The SMILES string of the molecule is CCCCCCCCC=CCCCCCCCCCCCC(=O)NCCCCCCCCC=CCCCCCCCC(=O)NCCNC(=O)CCCCCCCC=CCCCCCCCC. The van der Waals surface area contributed by atoms with Gasteiger partial charge in [0.25, 0.3) is 0 Å². The molecule has 0 spiro atoms. The van der Waals surface area contributed by atoms with Crippen molar-refractivity contribution in [3.63, 3.8) is 0 Å². The summed E-state index contributed by atoms with van der Waals surface area (Å²) in [5, 5.41) is 9.05. The van der Waals surface area contributed by atoms with Crippen LogP contribution < -0.4 is 16.0 Å². The van der Waals surface area contributed by atoms with E-state index in [1.54, 1.807) is 0 Å². The fraction of sp³-hybridized carbons (Fsp3) is 0.850. The van der Waals surface area contributed by atoms with Crippen LogP contribution in [0.5, 0.6) is 0 Å². The summed E-state index contributed by atoms with van der Waals surface area (Å²) in [5.41, 5.74) is 0. The molecule has 0 fully saturated rings. The molecule has 0 aliphatic rings. The number of hydrogen-bond acceptors (Lipinski definition) is 3. The van der Waals surface area contributed by atoms with Crippen LogP contribution in [0.25, 0.3) is 0 Å². The molecular weight excluding hydrogens is 811 g/mol. The molecule has 0 saturated carbocycles. The highest BCUT2D eigenvalue weighted by Gasteiger charge is 2.04. The molecule has 0 aliphatic heterocycles.